The van der Waals surface area contributed by atoms with E-state index < -0.39 is 0 Å². The number of hydrogen-bond donors (Lipinski definition) is 1. The summed E-state index contributed by atoms with van der Waals surface area (Å²) in [5.41, 5.74) is 0.730. The SMILES string of the molecule is Fc1ccccc1CSC1=NCCN1. The van der Waals surface area contributed by atoms with Crippen LogP contribution in [0.1, 0.15) is 5.56 Å². The Hall–Kier alpha value is -1.03. The molecule has 2 nitrogen and oxygen atoms in total. The van der Waals surface area contributed by atoms with Crippen molar-refractivity contribution in [1.29, 1.82) is 0 Å². The Labute approximate surface area is 86.6 Å². The van der Waals surface area contributed by atoms with Crippen LogP contribution in [0.4, 0.5) is 4.39 Å². The average molecular weight is 210 g/mol. The van der Waals surface area contributed by atoms with Gasteiger partial charge >= 0.3 is 0 Å². The van der Waals surface area contributed by atoms with Crippen molar-refractivity contribution in [2.75, 3.05) is 13.1 Å². The summed E-state index contributed by atoms with van der Waals surface area (Å²) in [6.07, 6.45) is 0. The van der Waals surface area contributed by atoms with Crippen LogP contribution in [-0.2, 0) is 5.75 Å². The van der Waals surface area contributed by atoms with Crippen LogP contribution in [0.3, 0.4) is 0 Å². The van der Waals surface area contributed by atoms with Gasteiger partial charge in [-0.25, -0.2) is 4.39 Å². The largest absolute Gasteiger partial charge is 0.363 e. The maximum atomic E-state index is 13.2. The summed E-state index contributed by atoms with van der Waals surface area (Å²) in [6, 6.07) is 6.84. The van der Waals surface area contributed by atoms with Crippen LogP contribution in [-0.4, -0.2) is 18.3 Å². The summed E-state index contributed by atoms with van der Waals surface area (Å²) in [5, 5.41) is 4.06. The second-order valence-corrected chi connectivity index (χ2v) is 3.96. The number of benzene rings is 1. The smallest absolute Gasteiger partial charge is 0.157 e. The van der Waals surface area contributed by atoms with Gasteiger partial charge in [0.2, 0.25) is 0 Å². The van der Waals surface area contributed by atoms with Crippen molar-refractivity contribution in [3.05, 3.63) is 35.6 Å². The number of rotatable bonds is 2. The van der Waals surface area contributed by atoms with E-state index in [9.17, 15) is 4.39 Å². The molecule has 1 heterocycles. The lowest BCUT2D eigenvalue weighted by Crippen LogP contribution is -2.15. The Kier molecular flexibility index (Phi) is 3.03. The summed E-state index contributed by atoms with van der Waals surface area (Å²) in [4.78, 5) is 4.23. The molecule has 4 heteroatoms. The maximum Gasteiger partial charge on any atom is 0.157 e. The number of aliphatic imine (C=N–C) groups is 1. The first-order chi connectivity index (χ1) is 6.86. The van der Waals surface area contributed by atoms with Gasteiger partial charge in [0.25, 0.3) is 0 Å². The number of amidine groups is 1. The van der Waals surface area contributed by atoms with E-state index in [4.69, 9.17) is 0 Å². The molecule has 0 bridgehead atoms. The van der Waals surface area contributed by atoms with Gasteiger partial charge in [-0.15, -0.1) is 0 Å². The zero-order valence-corrected chi connectivity index (χ0v) is 8.48. The topological polar surface area (TPSA) is 24.4 Å². The van der Waals surface area contributed by atoms with E-state index in [1.54, 1.807) is 23.9 Å². The molecule has 0 aliphatic carbocycles. The highest BCUT2D eigenvalue weighted by atomic mass is 32.2. The summed E-state index contributed by atoms with van der Waals surface area (Å²) in [7, 11) is 0. The van der Waals surface area contributed by atoms with Gasteiger partial charge in [-0.3, -0.25) is 4.99 Å². The summed E-state index contributed by atoms with van der Waals surface area (Å²) >= 11 is 1.55. The first kappa shape index (κ1) is 9.52. The molecule has 1 aliphatic rings. The Bertz CT molecular complexity index is 352. The third-order valence-electron chi connectivity index (χ3n) is 1.97. The molecule has 0 amide bonds. The number of nitrogens with one attached hydrogen (secondary N) is 1. The number of halogens is 1. The van der Waals surface area contributed by atoms with Crippen LogP contribution in [0.5, 0.6) is 0 Å². The lowest BCUT2D eigenvalue weighted by Gasteiger charge is -2.02. The van der Waals surface area contributed by atoms with Gasteiger partial charge in [0, 0.05) is 12.3 Å². The molecular formula is C10H11FN2S. The van der Waals surface area contributed by atoms with Gasteiger partial charge in [-0.1, -0.05) is 30.0 Å². The van der Waals surface area contributed by atoms with Gasteiger partial charge in [-0.2, -0.15) is 0 Å². The predicted octanol–water partition coefficient (Wildman–Crippen LogP) is 2.02. The molecule has 14 heavy (non-hydrogen) atoms. The lowest BCUT2D eigenvalue weighted by atomic mass is 10.2. The first-order valence-electron chi connectivity index (χ1n) is 4.51. The molecule has 0 atom stereocenters. The van der Waals surface area contributed by atoms with Gasteiger partial charge in [0.1, 0.15) is 5.82 Å². The predicted molar refractivity (Wildman–Crippen MR) is 58.0 cm³/mol. The molecule has 0 saturated heterocycles. The standard InChI is InChI=1S/C10H11FN2S/c11-9-4-2-1-3-8(9)7-14-10-12-5-6-13-10/h1-4H,5-7H2,(H,12,13). The fourth-order valence-corrected chi connectivity index (χ4v) is 2.15. The minimum Gasteiger partial charge on any atom is -0.363 e. The molecule has 1 aromatic carbocycles. The Morgan fingerprint density at radius 3 is 3.00 bits per heavy atom. The zero-order valence-electron chi connectivity index (χ0n) is 7.66. The zero-order chi connectivity index (χ0) is 9.80. The van der Waals surface area contributed by atoms with E-state index >= 15 is 0 Å². The van der Waals surface area contributed by atoms with E-state index in [-0.39, 0.29) is 5.82 Å². The molecule has 0 aromatic heterocycles. The van der Waals surface area contributed by atoms with E-state index in [0.717, 1.165) is 23.8 Å². The minimum atomic E-state index is -0.140. The molecule has 0 saturated carbocycles. The van der Waals surface area contributed by atoms with Crippen molar-refractivity contribution >= 4 is 16.9 Å². The fourth-order valence-electron chi connectivity index (χ4n) is 1.23. The first-order valence-corrected chi connectivity index (χ1v) is 5.49. The molecule has 0 unspecified atom stereocenters. The lowest BCUT2D eigenvalue weighted by molar-refractivity contribution is 0.617. The molecule has 2 rings (SSSR count). The van der Waals surface area contributed by atoms with E-state index in [1.165, 1.54) is 6.07 Å². The van der Waals surface area contributed by atoms with E-state index in [2.05, 4.69) is 10.3 Å². The molecule has 0 radical (unpaired) electrons. The Morgan fingerprint density at radius 2 is 2.29 bits per heavy atom. The van der Waals surface area contributed by atoms with Gasteiger partial charge in [-0.05, 0) is 11.6 Å². The van der Waals surface area contributed by atoms with Crippen molar-refractivity contribution in [3.63, 3.8) is 0 Å². The number of hydrogen-bond acceptors (Lipinski definition) is 3. The fraction of sp³-hybridized carbons (Fsp3) is 0.300. The van der Waals surface area contributed by atoms with Crippen LogP contribution in [0.25, 0.3) is 0 Å². The summed E-state index contributed by atoms with van der Waals surface area (Å²) in [6.45, 7) is 1.74. The van der Waals surface area contributed by atoms with Crippen LogP contribution >= 0.6 is 11.8 Å². The van der Waals surface area contributed by atoms with Crippen molar-refractivity contribution in [2.24, 2.45) is 4.99 Å². The third-order valence-corrected chi connectivity index (χ3v) is 2.97. The highest BCUT2D eigenvalue weighted by Gasteiger charge is 2.07. The van der Waals surface area contributed by atoms with Crippen LogP contribution in [0, 0.1) is 5.82 Å². The summed E-state index contributed by atoms with van der Waals surface area (Å²) in [5.74, 6) is 0.497. The number of thioether (sulfide) groups is 1. The molecule has 0 spiro atoms. The van der Waals surface area contributed by atoms with Crippen molar-refractivity contribution in [2.45, 2.75) is 5.75 Å². The second-order valence-electron chi connectivity index (χ2n) is 2.99. The molecule has 1 aliphatic heterocycles. The average Bonchev–Trinajstić information content (AvgIpc) is 2.69. The molecule has 0 fully saturated rings. The molecule has 74 valence electrons. The van der Waals surface area contributed by atoms with E-state index in [0.29, 0.717) is 5.75 Å². The normalized spacial score (nSPS) is 15.1. The van der Waals surface area contributed by atoms with Gasteiger partial charge in [0.05, 0.1) is 6.54 Å². The van der Waals surface area contributed by atoms with Crippen LogP contribution < -0.4 is 5.32 Å². The highest BCUT2D eigenvalue weighted by Crippen LogP contribution is 2.16. The van der Waals surface area contributed by atoms with Crippen molar-refractivity contribution < 1.29 is 4.39 Å². The minimum absolute atomic E-state index is 0.140. The van der Waals surface area contributed by atoms with Crippen molar-refractivity contribution in [3.8, 4) is 0 Å². The van der Waals surface area contributed by atoms with Gasteiger partial charge in [0.15, 0.2) is 5.17 Å². The van der Waals surface area contributed by atoms with Crippen molar-refractivity contribution in [1.82, 2.24) is 5.32 Å². The van der Waals surface area contributed by atoms with Crippen LogP contribution in [0.15, 0.2) is 29.3 Å². The molecular weight excluding hydrogens is 199 g/mol. The maximum absolute atomic E-state index is 13.2. The Balaban J connectivity index is 1.94. The monoisotopic (exact) mass is 210 g/mol. The summed E-state index contributed by atoms with van der Waals surface area (Å²) < 4.78 is 13.2. The van der Waals surface area contributed by atoms with E-state index in [1.807, 2.05) is 6.07 Å². The molecule has 1 N–H and O–H groups in total. The quantitative estimate of drug-likeness (QED) is 0.807. The van der Waals surface area contributed by atoms with Crippen LogP contribution in [0.2, 0.25) is 0 Å². The highest BCUT2D eigenvalue weighted by molar-refractivity contribution is 8.13. The third kappa shape index (κ3) is 2.26. The Morgan fingerprint density at radius 1 is 1.43 bits per heavy atom. The second kappa shape index (κ2) is 4.46. The molecule has 1 aromatic rings. The van der Waals surface area contributed by atoms with Gasteiger partial charge < -0.3 is 5.32 Å². The number of nitrogens with zero attached hydrogens (tertiary/aromatic N) is 1.